The van der Waals surface area contributed by atoms with Gasteiger partial charge in [-0.3, -0.25) is 9.36 Å². The summed E-state index contributed by atoms with van der Waals surface area (Å²) in [6.07, 6.45) is 0. The molecule has 0 aliphatic rings. The molecule has 1 heterocycles. The number of nitrogens with zero attached hydrogens (tertiary/aromatic N) is 3. The van der Waals surface area contributed by atoms with Gasteiger partial charge in [-0.1, -0.05) is 11.8 Å². The molecule has 0 fully saturated rings. The van der Waals surface area contributed by atoms with Crippen LogP contribution in [0.15, 0.2) is 78.0 Å². The standard InChI is InChI=1S/C24H18F2N4O3S/c1-33-23(32)16-4-10-19(11-5-16)27-21(31)14-34-24-29-28-22(15-2-6-17(25)7-3-15)30(24)20-12-8-18(26)9-13-20/h2-13H,14H2,1H3,(H,27,31). The highest BCUT2D eigenvalue weighted by atomic mass is 32.2. The van der Waals surface area contributed by atoms with Gasteiger partial charge in [0.1, 0.15) is 11.6 Å². The van der Waals surface area contributed by atoms with Crippen LogP contribution < -0.4 is 5.32 Å². The SMILES string of the molecule is COC(=O)c1ccc(NC(=O)CSc2nnc(-c3ccc(F)cc3)n2-c2ccc(F)cc2)cc1. The average molecular weight is 480 g/mol. The van der Waals surface area contributed by atoms with Crippen molar-refractivity contribution in [3.8, 4) is 17.1 Å². The van der Waals surface area contributed by atoms with Crippen LogP contribution in [0.2, 0.25) is 0 Å². The maximum Gasteiger partial charge on any atom is 0.337 e. The quantitative estimate of drug-likeness (QED) is 0.304. The van der Waals surface area contributed by atoms with Crippen LogP contribution in [0.3, 0.4) is 0 Å². The Morgan fingerprint density at radius 2 is 1.53 bits per heavy atom. The predicted molar refractivity (Wildman–Crippen MR) is 124 cm³/mol. The number of nitrogens with one attached hydrogen (secondary N) is 1. The maximum absolute atomic E-state index is 13.5. The number of esters is 1. The summed E-state index contributed by atoms with van der Waals surface area (Å²) in [5.74, 6) is -1.11. The molecule has 0 spiro atoms. The highest BCUT2D eigenvalue weighted by Crippen LogP contribution is 2.28. The Morgan fingerprint density at radius 1 is 0.912 bits per heavy atom. The smallest absolute Gasteiger partial charge is 0.337 e. The molecule has 172 valence electrons. The van der Waals surface area contributed by atoms with Crippen LogP contribution in [0.5, 0.6) is 0 Å². The summed E-state index contributed by atoms with van der Waals surface area (Å²) in [4.78, 5) is 24.0. The number of carbonyl (C=O) groups excluding carboxylic acids is 2. The fourth-order valence-corrected chi connectivity index (χ4v) is 3.86. The summed E-state index contributed by atoms with van der Waals surface area (Å²) in [6.45, 7) is 0. The third kappa shape index (κ3) is 5.29. The van der Waals surface area contributed by atoms with E-state index in [0.29, 0.717) is 33.5 Å². The normalized spacial score (nSPS) is 10.7. The van der Waals surface area contributed by atoms with Crippen LogP contribution in [-0.4, -0.2) is 39.5 Å². The van der Waals surface area contributed by atoms with Gasteiger partial charge in [0.05, 0.1) is 18.4 Å². The largest absolute Gasteiger partial charge is 0.465 e. The van der Waals surface area contributed by atoms with Crippen molar-refractivity contribution in [2.45, 2.75) is 5.16 Å². The number of methoxy groups -OCH3 is 1. The molecular formula is C24H18F2N4O3S. The maximum atomic E-state index is 13.5. The van der Waals surface area contributed by atoms with Gasteiger partial charge in [-0.15, -0.1) is 10.2 Å². The Kier molecular flexibility index (Phi) is 6.98. The topological polar surface area (TPSA) is 86.1 Å². The molecule has 1 aromatic heterocycles. The zero-order valence-corrected chi connectivity index (χ0v) is 18.7. The van der Waals surface area contributed by atoms with Crippen molar-refractivity contribution >= 4 is 29.3 Å². The number of amides is 1. The first-order valence-electron chi connectivity index (χ1n) is 10.0. The van der Waals surface area contributed by atoms with Crippen LogP contribution in [0, 0.1) is 11.6 Å². The molecule has 7 nitrogen and oxygen atoms in total. The Labute approximate surface area is 197 Å². The van der Waals surface area contributed by atoms with Gasteiger partial charge in [0.2, 0.25) is 5.91 Å². The van der Waals surface area contributed by atoms with Crippen LogP contribution in [0.25, 0.3) is 17.1 Å². The first-order valence-corrected chi connectivity index (χ1v) is 11.0. The van der Waals surface area contributed by atoms with E-state index in [1.54, 1.807) is 53.1 Å². The Balaban J connectivity index is 1.53. The summed E-state index contributed by atoms with van der Waals surface area (Å²) >= 11 is 1.14. The van der Waals surface area contributed by atoms with E-state index in [2.05, 4.69) is 20.3 Å². The number of ether oxygens (including phenoxy) is 1. The van der Waals surface area contributed by atoms with Crippen LogP contribution >= 0.6 is 11.8 Å². The highest BCUT2D eigenvalue weighted by molar-refractivity contribution is 7.99. The second kappa shape index (κ2) is 10.3. The molecule has 0 saturated carbocycles. The van der Waals surface area contributed by atoms with Crippen molar-refractivity contribution in [1.82, 2.24) is 14.8 Å². The summed E-state index contributed by atoms with van der Waals surface area (Å²) in [6, 6.07) is 17.8. The van der Waals surface area contributed by atoms with E-state index < -0.39 is 11.8 Å². The Hall–Kier alpha value is -4.05. The first kappa shape index (κ1) is 23.1. The van der Waals surface area contributed by atoms with Gasteiger partial charge in [-0.05, 0) is 72.8 Å². The van der Waals surface area contributed by atoms with E-state index in [1.807, 2.05) is 0 Å². The van der Waals surface area contributed by atoms with Gasteiger partial charge in [-0.25, -0.2) is 13.6 Å². The van der Waals surface area contributed by atoms with Crippen molar-refractivity contribution < 1.29 is 23.1 Å². The number of anilines is 1. The first-order chi connectivity index (χ1) is 16.4. The third-order valence-corrected chi connectivity index (χ3v) is 5.67. The Bertz CT molecular complexity index is 1310. The van der Waals surface area contributed by atoms with Crippen molar-refractivity contribution in [3.05, 3.63) is 90.0 Å². The molecule has 1 N–H and O–H groups in total. The van der Waals surface area contributed by atoms with Crippen molar-refractivity contribution in [2.75, 3.05) is 18.2 Å². The van der Waals surface area contributed by atoms with Crippen molar-refractivity contribution in [3.63, 3.8) is 0 Å². The average Bonchev–Trinajstić information content (AvgIpc) is 3.27. The fourth-order valence-electron chi connectivity index (χ4n) is 3.11. The van der Waals surface area contributed by atoms with Gasteiger partial charge >= 0.3 is 5.97 Å². The Morgan fingerprint density at radius 3 is 2.15 bits per heavy atom. The van der Waals surface area contributed by atoms with Gasteiger partial charge in [-0.2, -0.15) is 0 Å². The van der Waals surface area contributed by atoms with Gasteiger partial charge in [0.15, 0.2) is 11.0 Å². The van der Waals surface area contributed by atoms with Crippen LogP contribution in [0.4, 0.5) is 14.5 Å². The number of hydrogen-bond donors (Lipinski definition) is 1. The fraction of sp³-hybridized carbons (Fsp3) is 0.0833. The monoisotopic (exact) mass is 480 g/mol. The van der Waals surface area contributed by atoms with Crippen molar-refractivity contribution in [2.24, 2.45) is 0 Å². The number of rotatable bonds is 7. The molecule has 34 heavy (non-hydrogen) atoms. The van der Waals surface area contributed by atoms with E-state index >= 15 is 0 Å². The third-order valence-electron chi connectivity index (χ3n) is 4.74. The summed E-state index contributed by atoms with van der Waals surface area (Å²) < 4.78 is 33.2. The minimum absolute atomic E-state index is 0.0154. The van der Waals surface area contributed by atoms with E-state index in [9.17, 15) is 18.4 Å². The van der Waals surface area contributed by atoms with E-state index in [0.717, 1.165) is 11.8 Å². The molecule has 4 aromatic rings. The molecule has 0 unspecified atom stereocenters. The molecule has 4 rings (SSSR count). The number of aromatic nitrogens is 3. The van der Waals surface area contributed by atoms with E-state index in [-0.39, 0.29) is 17.5 Å². The summed E-state index contributed by atoms with van der Waals surface area (Å²) in [5, 5.41) is 11.6. The predicted octanol–water partition coefficient (Wildman–Crippen LogP) is 4.73. The lowest BCUT2D eigenvalue weighted by atomic mass is 10.2. The van der Waals surface area contributed by atoms with E-state index in [4.69, 9.17) is 0 Å². The second-order valence-corrected chi connectivity index (χ2v) is 7.97. The van der Waals surface area contributed by atoms with Crippen LogP contribution in [0.1, 0.15) is 10.4 Å². The lowest BCUT2D eigenvalue weighted by Gasteiger charge is -2.11. The number of hydrogen-bond acceptors (Lipinski definition) is 6. The number of thioether (sulfide) groups is 1. The molecule has 1 amide bonds. The number of halogens is 2. The molecule has 3 aromatic carbocycles. The molecular weight excluding hydrogens is 462 g/mol. The molecule has 0 atom stereocenters. The zero-order valence-electron chi connectivity index (χ0n) is 17.9. The minimum Gasteiger partial charge on any atom is -0.465 e. The summed E-state index contributed by atoms with van der Waals surface area (Å²) in [5.41, 5.74) is 2.09. The van der Waals surface area contributed by atoms with Gasteiger partial charge < -0.3 is 10.1 Å². The minimum atomic E-state index is -0.467. The molecule has 0 bridgehead atoms. The van der Waals surface area contributed by atoms with Crippen LogP contribution in [-0.2, 0) is 9.53 Å². The molecule has 0 radical (unpaired) electrons. The number of benzene rings is 3. The second-order valence-electron chi connectivity index (χ2n) is 7.03. The van der Waals surface area contributed by atoms with Gasteiger partial charge in [0.25, 0.3) is 0 Å². The molecule has 10 heteroatoms. The molecule has 0 aliphatic carbocycles. The lowest BCUT2D eigenvalue weighted by Crippen LogP contribution is -2.14. The van der Waals surface area contributed by atoms with Crippen molar-refractivity contribution in [1.29, 1.82) is 0 Å². The lowest BCUT2D eigenvalue weighted by molar-refractivity contribution is -0.113. The van der Waals surface area contributed by atoms with E-state index in [1.165, 1.54) is 31.4 Å². The number of carbonyl (C=O) groups is 2. The molecule has 0 saturated heterocycles. The zero-order chi connectivity index (χ0) is 24.1. The molecule has 0 aliphatic heterocycles. The van der Waals surface area contributed by atoms with Gasteiger partial charge in [0, 0.05) is 16.9 Å². The summed E-state index contributed by atoms with van der Waals surface area (Å²) in [7, 11) is 1.29. The highest BCUT2D eigenvalue weighted by Gasteiger charge is 2.18.